The molecule has 3 N–H and O–H groups in total. The third-order valence-electron chi connectivity index (χ3n) is 4.98. The summed E-state index contributed by atoms with van der Waals surface area (Å²) in [5.74, 6) is -0.412. The molecule has 0 radical (unpaired) electrons. The fourth-order valence-electron chi connectivity index (χ4n) is 3.67. The van der Waals surface area contributed by atoms with Gasteiger partial charge in [-0.2, -0.15) is 13.2 Å². The van der Waals surface area contributed by atoms with Crippen molar-refractivity contribution in [2.75, 3.05) is 13.2 Å². The van der Waals surface area contributed by atoms with Crippen LogP contribution in [0.15, 0.2) is 0 Å². The zero-order valence-corrected chi connectivity index (χ0v) is 12.4. The molecule has 0 bridgehead atoms. The molecule has 1 saturated heterocycles. The van der Waals surface area contributed by atoms with E-state index in [0.29, 0.717) is 6.61 Å². The highest BCUT2D eigenvalue weighted by Crippen LogP contribution is 2.57. The van der Waals surface area contributed by atoms with Gasteiger partial charge in [0.15, 0.2) is 0 Å². The lowest BCUT2D eigenvalue weighted by molar-refractivity contribution is -0.225. The minimum atomic E-state index is -4.19. The summed E-state index contributed by atoms with van der Waals surface area (Å²) in [6.07, 6.45) is -3.58. The Labute approximate surface area is 122 Å². The number of carbonyl (C=O) groups excluding carboxylic acids is 1. The minimum Gasteiger partial charge on any atom is -0.377 e. The van der Waals surface area contributed by atoms with Gasteiger partial charge in [-0.25, -0.2) is 0 Å². The van der Waals surface area contributed by atoms with Crippen LogP contribution in [0.3, 0.4) is 0 Å². The Kier molecular flexibility index (Phi) is 4.28. The van der Waals surface area contributed by atoms with Gasteiger partial charge in [0.05, 0.1) is 6.10 Å². The molecule has 2 rings (SSSR count). The second-order valence-electron chi connectivity index (χ2n) is 6.61. The van der Waals surface area contributed by atoms with Crippen LogP contribution < -0.4 is 11.1 Å². The van der Waals surface area contributed by atoms with E-state index < -0.39 is 23.6 Å². The molecule has 4 nitrogen and oxygen atoms in total. The number of hydrogen-bond acceptors (Lipinski definition) is 3. The Bertz CT molecular complexity index is 412. The maximum Gasteiger partial charge on any atom is 0.389 e. The quantitative estimate of drug-likeness (QED) is 0.781. The van der Waals surface area contributed by atoms with Crippen LogP contribution in [0.4, 0.5) is 13.2 Å². The Morgan fingerprint density at radius 2 is 2.10 bits per heavy atom. The van der Waals surface area contributed by atoms with Gasteiger partial charge in [0.2, 0.25) is 5.91 Å². The highest BCUT2D eigenvalue weighted by Gasteiger charge is 2.70. The summed E-state index contributed by atoms with van der Waals surface area (Å²) in [7, 11) is 0. The second kappa shape index (κ2) is 5.43. The molecule has 2 aliphatic rings. The number of nitrogens with one attached hydrogen (secondary N) is 1. The summed E-state index contributed by atoms with van der Waals surface area (Å²) in [4.78, 5) is 12.4. The third kappa shape index (κ3) is 2.77. The zero-order valence-electron chi connectivity index (χ0n) is 12.4. The molecule has 3 atom stereocenters. The number of amides is 1. The molecule has 122 valence electrons. The van der Waals surface area contributed by atoms with Crippen LogP contribution in [0.1, 0.15) is 39.5 Å². The van der Waals surface area contributed by atoms with Gasteiger partial charge in [-0.1, -0.05) is 13.8 Å². The number of ether oxygens (including phenoxy) is 1. The molecule has 7 heteroatoms. The predicted molar refractivity (Wildman–Crippen MR) is 71.5 cm³/mol. The summed E-state index contributed by atoms with van der Waals surface area (Å²) in [5.41, 5.74) is 4.77. The minimum absolute atomic E-state index is 0.00832. The van der Waals surface area contributed by atoms with Crippen LogP contribution in [0.2, 0.25) is 0 Å². The van der Waals surface area contributed by atoms with Crippen molar-refractivity contribution >= 4 is 5.91 Å². The van der Waals surface area contributed by atoms with Gasteiger partial charge < -0.3 is 15.8 Å². The van der Waals surface area contributed by atoms with Crippen LogP contribution in [0, 0.1) is 11.3 Å². The van der Waals surface area contributed by atoms with E-state index in [1.54, 1.807) is 0 Å². The molecule has 0 aromatic rings. The van der Waals surface area contributed by atoms with Crippen molar-refractivity contribution in [2.24, 2.45) is 17.1 Å². The number of carbonyl (C=O) groups is 1. The van der Waals surface area contributed by atoms with Crippen molar-refractivity contribution in [1.82, 2.24) is 5.32 Å². The fourth-order valence-corrected chi connectivity index (χ4v) is 3.67. The van der Waals surface area contributed by atoms with Gasteiger partial charge in [-0.15, -0.1) is 0 Å². The number of rotatable bonds is 4. The van der Waals surface area contributed by atoms with Crippen molar-refractivity contribution in [3.63, 3.8) is 0 Å². The Morgan fingerprint density at radius 3 is 2.71 bits per heavy atom. The van der Waals surface area contributed by atoms with Crippen molar-refractivity contribution < 1.29 is 22.7 Å². The molecule has 1 aliphatic heterocycles. The maximum absolute atomic E-state index is 12.4. The predicted octanol–water partition coefficient (Wildman–Crippen LogP) is 1.98. The second-order valence-corrected chi connectivity index (χ2v) is 6.61. The Hall–Kier alpha value is -0.820. The number of alkyl halides is 3. The average molecular weight is 308 g/mol. The van der Waals surface area contributed by atoms with Crippen LogP contribution in [0.25, 0.3) is 0 Å². The van der Waals surface area contributed by atoms with Gasteiger partial charge in [0.1, 0.15) is 5.54 Å². The van der Waals surface area contributed by atoms with E-state index in [-0.39, 0.29) is 30.9 Å². The van der Waals surface area contributed by atoms with Gasteiger partial charge >= 0.3 is 6.18 Å². The highest BCUT2D eigenvalue weighted by atomic mass is 19.4. The lowest BCUT2D eigenvalue weighted by atomic mass is 9.46. The van der Waals surface area contributed by atoms with Gasteiger partial charge in [-0.05, 0) is 19.3 Å². The molecule has 1 saturated carbocycles. The third-order valence-corrected chi connectivity index (χ3v) is 4.98. The van der Waals surface area contributed by atoms with E-state index in [9.17, 15) is 18.0 Å². The van der Waals surface area contributed by atoms with Gasteiger partial charge in [-0.3, -0.25) is 4.79 Å². The van der Waals surface area contributed by atoms with Crippen molar-refractivity contribution in [1.29, 1.82) is 0 Å². The molecule has 1 heterocycles. The van der Waals surface area contributed by atoms with E-state index in [2.05, 4.69) is 5.32 Å². The summed E-state index contributed by atoms with van der Waals surface area (Å²) >= 11 is 0. The number of halogens is 3. The largest absolute Gasteiger partial charge is 0.389 e. The monoisotopic (exact) mass is 308 g/mol. The van der Waals surface area contributed by atoms with E-state index in [4.69, 9.17) is 10.5 Å². The summed E-state index contributed by atoms with van der Waals surface area (Å²) in [6.45, 7) is 4.43. The number of nitrogens with two attached hydrogens (primary N) is 1. The first kappa shape index (κ1) is 16.5. The first-order valence-electron chi connectivity index (χ1n) is 7.36. The molecule has 21 heavy (non-hydrogen) atoms. The van der Waals surface area contributed by atoms with E-state index in [0.717, 1.165) is 12.8 Å². The summed E-state index contributed by atoms with van der Waals surface area (Å²) in [6, 6.07) is 0. The van der Waals surface area contributed by atoms with Crippen molar-refractivity contribution in [3.05, 3.63) is 0 Å². The standard InChI is InChI=1S/C14H23F3N2O2/c1-12(2)10-9(5-3-8-21-10)14(12,18)11(20)19-7-4-6-13(15,16)17/h9-10H,3-8,18H2,1-2H3,(H,19,20). The van der Waals surface area contributed by atoms with Crippen LogP contribution in [-0.4, -0.2) is 36.9 Å². The number of fused-ring (bicyclic) bond motifs is 1. The van der Waals surface area contributed by atoms with Gasteiger partial charge in [0.25, 0.3) is 0 Å². The van der Waals surface area contributed by atoms with E-state index in [1.165, 1.54) is 0 Å². The lowest BCUT2D eigenvalue weighted by Gasteiger charge is -2.65. The van der Waals surface area contributed by atoms with Crippen molar-refractivity contribution in [3.8, 4) is 0 Å². The molecule has 0 aromatic heterocycles. The van der Waals surface area contributed by atoms with Crippen LogP contribution in [-0.2, 0) is 9.53 Å². The van der Waals surface area contributed by atoms with E-state index >= 15 is 0 Å². The number of hydrogen-bond donors (Lipinski definition) is 2. The highest BCUT2D eigenvalue weighted by molar-refractivity contribution is 5.89. The van der Waals surface area contributed by atoms with Crippen molar-refractivity contribution in [2.45, 2.75) is 57.3 Å². The van der Waals surface area contributed by atoms with E-state index in [1.807, 2.05) is 13.8 Å². The molecule has 0 spiro atoms. The van der Waals surface area contributed by atoms with Crippen LogP contribution in [0.5, 0.6) is 0 Å². The average Bonchev–Trinajstić information content (AvgIpc) is 2.41. The fraction of sp³-hybridized carbons (Fsp3) is 0.929. The molecular weight excluding hydrogens is 285 g/mol. The maximum atomic E-state index is 12.4. The summed E-state index contributed by atoms with van der Waals surface area (Å²) in [5, 5.41) is 2.57. The molecule has 2 fully saturated rings. The molecule has 1 aliphatic carbocycles. The molecule has 3 unspecified atom stereocenters. The topological polar surface area (TPSA) is 64.3 Å². The molecule has 0 aromatic carbocycles. The lowest BCUT2D eigenvalue weighted by Crippen LogP contribution is -2.82. The SMILES string of the molecule is CC1(C)C2OCCCC2C1(N)C(=O)NCCCC(F)(F)F. The zero-order chi connectivity index (χ0) is 15.9. The molecule has 1 amide bonds. The van der Waals surface area contributed by atoms with Gasteiger partial charge in [0, 0.05) is 30.9 Å². The first-order chi connectivity index (χ1) is 9.61. The molecular formula is C14H23F3N2O2. The Morgan fingerprint density at radius 1 is 1.43 bits per heavy atom. The summed E-state index contributed by atoms with van der Waals surface area (Å²) < 4.78 is 41.9. The first-order valence-corrected chi connectivity index (χ1v) is 7.36. The smallest absolute Gasteiger partial charge is 0.377 e. The normalized spacial score (nSPS) is 34.8. The van der Waals surface area contributed by atoms with Crippen LogP contribution >= 0.6 is 0 Å². The Balaban J connectivity index is 1.92.